The Labute approximate surface area is 129 Å². The van der Waals surface area contributed by atoms with Gasteiger partial charge in [0.15, 0.2) is 0 Å². The van der Waals surface area contributed by atoms with E-state index in [0.717, 1.165) is 12.1 Å². The van der Waals surface area contributed by atoms with Crippen molar-refractivity contribution in [3.63, 3.8) is 0 Å². The molecule has 3 rings (SSSR count). The van der Waals surface area contributed by atoms with Crippen LogP contribution in [0.4, 0.5) is 13.2 Å². The van der Waals surface area contributed by atoms with E-state index in [2.05, 4.69) is 0 Å². The van der Waals surface area contributed by atoms with E-state index in [1.54, 1.807) is 24.3 Å². The SMILES string of the molecule is O=C(O)Cc1coc2cc(-c3cccc(C(F)(F)F)c3)ccc12. The Morgan fingerprint density at radius 3 is 2.52 bits per heavy atom. The molecule has 23 heavy (non-hydrogen) atoms. The molecule has 0 atom stereocenters. The summed E-state index contributed by atoms with van der Waals surface area (Å²) in [4.78, 5) is 10.8. The van der Waals surface area contributed by atoms with E-state index >= 15 is 0 Å². The van der Waals surface area contributed by atoms with Gasteiger partial charge in [0.25, 0.3) is 0 Å². The number of furan rings is 1. The second-order valence-corrected chi connectivity index (χ2v) is 5.12. The molecular formula is C17H11F3O3. The fourth-order valence-corrected chi connectivity index (χ4v) is 2.44. The summed E-state index contributed by atoms with van der Waals surface area (Å²) in [6.45, 7) is 0. The number of carboxylic acid groups (broad SMARTS) is 1. The maximum atomic E-state index is 12.8. The number of rotatable bonds is 3. The molecule has 3 aromatic rings. The van der Waals surface area contributed by atoms with Crippen LogP contribution in [0, 0.1) is 0 Å². The van der Waals surface area contributed by atoms with E-state index in [9.17, 15) is 18.0 Å². The van der Waals surface area contributed by atoms with Crippen molar-refractivity contribution in [3.05, 3.63) is 59.9 Å². The molecule has 0 radical (unpaired) electrons. The fraction of sp³-hybridized carbons (Fsp3) is 0.118. The van der Waals surface area contributed by atoms with Crippen LogP contribution >= 0.6 is 0 Å². The molecule has 0 aliphatic rings. The fourth-order valence-electron chi connectivity index (χ4n) is 2.44. The number of halogens is 3. The van der Waals surface area contributed by atoms with Gasteiger partial charge in [-0.05, 0) is 29.3 Å². The normalized spacial score (nSPS) is 11.8. The summed E-state index contributed by atoms with van der Waals surface area (Å²) in [5.41, 5.74) is 1.23. The molecule has 0 unspecified atom stereocenters. The average molecular weight is 320 g/mol. The first-order chi connectivity index (χ1) is 10.8. The average Bonchev–Trinajstić information content (AvgIpc) is 2.88. The number of hydrogen-bond donors (Lipinski definition) is 1. The topological polar surface area (TPSA) is 50.4 Å². The van der Waals surface area contributed by atoms with Crippen molar-refractivity contribution in [3.8, 4) is 11.1 Å². The minimum absolute atomic E-state index is 0.171. The van der Waals surface area contributed by atoms with Crippen molar-refractivity contribution in [2.24, 2.45) is 0 Å². The first-order valence-corrected chi connectivity index (χ1v) is 6.74. The van der Waals surface area contributed by atoms with Crippen molar-refractivity contribution < 1.29 is 27.5 Å². The van der Waals surface area contributed by atoms with Crippen molar-refractivity contribution in [2.75, 3.05) is 0 Å². The first-order valence-electron chi connectivity index (χ1n) is 6.74. The van der Waals surface area contributed by atoms with Crippen LogP contribution in [0.15, 0.2) is 53.1 Å². The highest BCUT2D eigenvalue weighted by Gasteiger charge is 2.30. The van der Waals surface area contributed by atoms with Gasteiger partial charge in [-0.3, -0.25) is 4.79 Å². The van der Waals surface area contributed by atoms with Gasteiger partial charge in [0, 0.05) is 10.9 Å². The molecule has 0 aliphatic carbocycles. The highest BCUT2D eigenvalue weighted by molar-refractivity contribution is 5.88. The lowest BCUT2D eigenvalue weighted by molar-refractivity contribution is -0.138. The Kier molecular flexibility index (Phi) is 3.60. The maximum Gasteiger partial charge on any atom is 0.416 e. The van der Waals surface area contributed by atoms with Gasteiger partial charge in [0.2, 0.25) is 0 Å². The molecule has 1 aromatic heterocycles. The van der Waals surface area contributed by atoms with Crippen LogP contribution in [0.1, 0.15) is 11.1 Å². The Morgan fingerprint density at radius 2 is 1.83 bits per heavy atom. The number of carboxylic acids is 1. The van der Waals surface area contributed by atoms with Crippen LogP contribution in [0.2, 0.25) is 0 Å². The van der Waals surface area contributed by atoms with E-state index in [0.29, 0.717) is 27.7 Å². The van der Waals surface area contributed by atoms with Crippen molar-refractivity contribution in [1.29, 1.82) is 0 Å². The van der Waals surface area contributed by atoms with Gasteiger partial charge >= 0.3 is 12.1 Å². The second kappa shape index (κ2) is 5.46. The Balaban J connectivity index is 2.03. The van der Waals surface area contributed by atoms with Crippen LogP contribution < -0.4 is 0 Å². The summed E-state index contributed by atoms with van der Waals surface area (Å²) in [6.07, 6.45) is -3.22. The molecule has 6 heteroatoms. The number of alkyl halides is 3. The van der Waals surface area contributed by atoms with Crippen molar-refractivity contribution >= 4 is 16.9 Å². The van der Waals surface area contributed by atoms with Gasteiger partial charge in [0.1, 0.15) is 5.58 Å². The number of hydrogen-bond acceptors (Lipinski definition) is 2. The summed E-state index contributed by atoms with van der Waals surface area (Å²) >= 11 is 0. The van der Waals surface area contributed by atoms with Gasteiger partial charge in [-0.15, -0.1) is 0 Å². The predicted molar refractivity (Wildman–Crippen MR) is 78.0 cm³/mol. The van der Waals surface area contributed by atoms with Crippen molar-refractivity contribution in [2.45, 2.75) is 12.6 Å². The van der Waals surface area contributed by atoms with Gasteiger partial charge < -0.3 is 9.52 Å². The van der Waals surface area contributed by atoms with E-state index in [1.807, 2.05) is 0 Å². The zero-order valence-electron chi connectivity index (χ0n) is 11.7. The third-order valence-electron chi connectivity index (χ3n) is 3.52. The zero-order valence-corrected chi connectivity index (χ0v) is 11.7. The molecule has 0 fully saturated rings. The molecule has 0 aliphatic heterocycles. The molecule has 1 heterocycles. The lowest BCUT2D eigenvalue weighted by atomic mass is 10.0. The van der Waals surface area contributed by atoms with Crippen LogP contribution in [-0.4, -0.2) is 11.1 Å². The molecular weight excluding hydrogens is 309 g/mol. The highest BCUT2D eigenvalue weighted by Crippen LogP contribution is 2.33. The van der Waals surface area contributed by atoms with Gasteiger partial charge in [0.05, 0.1) is 18.2 Å². The second-order valence-electron chi connectivity index (χ2n) is 5.12. The quantitative estimate of drug-likeness (QED) is 0.758. The Bertz CT molecular complexity index is 878. The summed E-state index contributed by atoms with van der Waals surface area (Å²) < 4.78 is 43.7. The monoisotopic (exact) mass is 320 g/mol. The number of benzene rings is 2. The summed E-state index contributed by atoms with van der Waals surface area (Å²) in [6, 6.07) is 9.93. The largest absolute Gasteiger partial charge is 0.481 e. The van der Waals surface area contributed by atoms with Gasteiger partial charge in [-0.2, -0.15) is 13.2 Å². The minimum Gasteiger partial charge on any atom is -0.481 e. The van der Waals surface area contributed by atoms with Gasteiger partial charge in [-0.1, -0.05) is 24.3 Å². The summed E-state index contributed by atoms with van der Waals surface area (Å²) in [5.74, 6) is -0.977. The predicted octanol–water partition coefficient (Wildman–Crippen LogP) is 4.75. The molecule has 0 spiro atoms. The van der Waals surface area contributed by atoms with Gasteiger partial charge in [-0.25, -0.2) is 0 Å². The molecule has 0 amide bonds. The zero-order chi connectivity index (χ0) is 16.6. The third-order valence-corrected chi connectivity index (χ3v) is 3.52. The molecule has 0 saturated carbocycles. The Morgan fingerprint density at radius 1 is 1.09 bits per heavy atom. The summed E-state index contributed by atoms with van der Waals surface area (Å²) in [5, 5.41) is 9.48. The standard InChI is InChI=1S/C17H11F3O3/c18-17(19,20)13-3-1-2-10(6-13)11-4-5-14-12(8-16(21)22)9-23-15(14)7-11/h1-7,9H,8H2,(H,21,22). The van der Waals surface area contributed by atoms with Crippen LogP contribution in [0.25, 0.3) is 22.1 Å². The smallest absolute Gasteiger partial charge is 0.416 e. The molecule has 2 aromatic carbocycles. The molecule has 3 nitrogen and oxygen atoms in total. The van der Waals surface area contributed by atoms with E-state index in [4.69, 9.17) is 9.52 Å². The maximum absolute atomic E-state index is 12.8. The Hall–Kier alpha value is -2.76. The highest BCUT2D eigenvalue weighted by atomic mass is 19.4. The van der Waals surface area contributed by atoms with Crippen LogP contribution in [0.5, 0.6) is 0 Å². The lowest BCUT2D eigenvalue weighted by Gasteiger charge is -2.09. The van der Waals surface area contributed by atoms with E-state index in [-0.39, 0.29) is 6.42 Å². The molecule has 118 valence electrons. The van der Waals surface area contributed by atoms with Crippen molar-refractivity contribution in [1.82, 2.24) is 0 Å². The lowest BCUT2D eigenvalue weighted by Crippen LogP contribution is -2.04. The molecule has 0 saturated heterocycles. The molecule has 1 N–H and O–H groups in total. The van der Waals surface area contributed by atoms with E-state index < -0.39 is 17.7 Å². The first kappa shape index (κ1) is 15.1. The van der Waals surface area contributed by atoms with Crippen LogP contribution in [-0.2, 0) is 17.4 Å². The number of aliphatic carboxylic acids is 1. The minimum atomic E-state index is -4.40. The summed E-state index contributed by atoms with van der Waals surface area (Å²) in [7, 11) is 0. The van der Waals surface area contributed by atoms with Crippen LogP contribution in [0.3, 0.4) is 0 Å². The van der Waals surface area contributed by atoms with E-state index in [1.165, 1.54) is 12.3 Å². The molecule has 0 bridgehead atoms. The third kappa shape index (κ3) is 3.06. The number of carbonyl (C=O) groups is 1. The number of fused-ring (bicyclic) bond motifs is 1.